The maximum atomic E-state index is 11.7. The molecule has 1 amide bonds. The van der Waals surface area contributed by atoms with E-state index in [9.17, 15) is 4.79 Å². The van der Waals surface area contributed by atoms with Crippen LogP contribution in [0.1, 0.15) is 22.3 Å². The van der Waals surface area contributed by atoms with E-state index in [0.29, 0.717) is 12.1 Å². The minimum absolute atomic E-state index is 0.0145. The van der Waals surface area contributed by atoms with Gasteiger partial charge in [-0.3, -0.25) is 4.79 Å². The summed E-state index contributed by atoms with van der Waals surface area (Å²) in [6, 6.07) is 7.42. The highest BCUT2D eigenvalue weighted by molar-refractivity contribution is 5.94. The summed E-state index contributed by atoms with van der Waals surface area (Å²) in [6.45, 7) is 5.37. The van der Waals surface area contributed by atoms with Gasteiger partial charge in [0.15, 0.2) is 0 Å². The Morgan fingerprint density at radius 1 is 1.35 bits per heavy atom. The van der Waals surface area contributed by atoms with Crippen molar-refractivity contribution in [2.24, 2.45) is 0 Å². The van der Waals surface area contributed by atoms with Crippen molar-refractivity contribution in [2.75, 3.05) is 27.2 Å². The molecule has 1 rings (SSSR count). The van der Waals surface area contributed by atoms with Crippen LogP contribution in [0.15, 0.2) is 30.8 Å². The van der Waals surface area contributed by atoms with Crippen molar-refractivity contribution in [3.63, 3.8) is 0 Å². The van der Waals surface area contributed by atoms with E-state index in [-0.39, 0.29) is 5.91 Å². The number of rotatable bonds is 6. The Labute approximate surface area is 103 Å². The van der Waals surface area contributed by atoms with Crippen molar-refractivity contribution in [3.8, 4) is 0 Å². The molecule has 1 aromatic carbocycles. The summed E-state index contributed by atoms with van der Waals surface area (Å²) in [5.74, 6) is -0.0145. The Kier molecular flexibility index (Phi) is 5.43. The topological polar surface area (TPSA) is 32.3 Å². The Bertz CT molecular complexity index is 368. The molecule has 3 heteroatoms. The van der Waals surface area contributed by atoms with Gasteiger partial charge in [0, 0.05) is 12.1 Å². The van der Waals surface area contributed by atoms with Crippen molar-refractivity contribution >= 4 is 12.0 Å². The smallest absolute Gasteiger partial charge is 0.251 e. The molecule has 0 aliphatic heterocycles. The summed E-state index contributed by atoms with van der Waals surface area (Å²) in [5, 5.41) is 2.90. The fourth-order valence-electron chi connectivity index (χ4n) is 1.47. The lowest BCUT2D eigenvalue weighted by Gasteiger charge is -2.09. The highest BCUT2D eigenvalue weighted by atomic mass is 16.1. The van der Waals surface area contributed by atoms with Gasteiger partial charge >= 0.3 is 0 Å². The minimum atomic E-state index is -0.0145. The molecule has 0 aliphatic carbocycles. The standard InChI is InChI=1S/C14H20N2O/c1-4-12-6-8-13(9-7-12)14(17)15-10-5-11-16(2)3/h4,6-9H,1,5,10-11H2,2-3H3,(H,15,17). The van der Waals surface area contributed by atoms with Gasteiger partial charge in [-0.2, -0.15) is 0 Å². The second-order valence-corrected chi connectivity index (χ2v) is 4.24. The van der Waals surface area contributed by atoms with Crippen molar-refractivity contribution < 1.29 is 4.79 Å². The SMILES string of the molecule is C=Cc1ccc(C(=O)NCCCN(C)C)cc1. The van der Waals surface area contributed by atoms with Crippen LogP contribution in [0.2, 0.25) is 0 Å². The summed E-state index contributed by atoms with van der Waals surface area (Å²) in [5.41, 5.74) is 1.72. The van der Waals surface area contributed by atoms with Crippen LogP contribution >= 0.6 is 0 Å². The second kappa shape index (κ2) is 6.86. The van der Waals surface area contributed by atoms with Crippen molar-refractivity contribution in [1.82, 2.24) is 10.2 Å². The van der Waals surface area contributed by atoms with Crippen molar-refractivity contribution in [2.45, 2.75) is 6.42 Å². The van der Waals surface area contributed by atoms with E-state index in [2.05, 4.69) is 16.8 Å². The molecule has 0 bridgehead atoms. The van der Waals surface area contributed by atoms with Gasteiger partial charge in [-0.15, -0.1) is 0 Å². The van der Waals surface area contributed by atoms with E-state index in [1.165, 1.54) is 0 Å². The molecule has 17 heavy (non-hydrogen) atoms. The summed E-state index contributed by atoms with van der Waals surface area (Å²) in [4.78, 5) is 13.8. The Morgan fingerprint density at radius 2 is 2.00 bits per heavy atom. The van der Waals surface area contributed by atoms with Gasteiger partial charge in [-0.05, 0) is 44.8 Å². The molecule has 3 nitrogen and oxygen atoms in total. The highest BCUT2D eigenvalue weighted by Crippen LogP contribution is 2.05. The zero-order valence-corrected chi connectivity index (χ0v) is 10.6. The predicted molar refractivity (Wildman–Crippen MR) is 72.0 cm³/mol. The third kappa shape index (κ3) is 4.83. The van der Waals surface area contributed by atoms with Crippen LogP contribution in [-0.4, -0.2) is 38.0 Å². The number of hydrogen-bond acceptors (Lipinski definition) is 2. The normalized spacial score (nSPS) is 10.3. The first-order chi connectivity index (χ1) is 8.13. The molecule has 0 saturated carbocycles. The van der Waals surface area contributed by atoms with Gasteiger partial charge in [0.25, 0.3) is 5.91 Å². The quantitative estimate of drug-likeness (QED) is 0.761. The second-order valence-electron chi connectivity index (χ2n) is 4.24. The molecule has 0 spiro atoms. The molecule has 0 unspecified atom stereocenters. The molecule has 1 aromatic rings. The van der Waals surface area contributed by atoms with Gasteiger partial charge < -0.3 is 10.2 Å². The van der Waals surface area contributed by atoms with Crippen LogP contribution in [0.5, 0.6) is 0 Å². The van der Waals surface area contributed by atoms with E-state index in [1.54, 1.807) is 6.08 Å². The van der Waals surface area contributed by atoms with Gasteiger partial charge in [-0.25, -0.2) is 0 Å². The average Bonchev–Trinajstić information content (AvgIpc) is 2.34. The summed E-state index contributed by atoms with van der Waals surface area (Å²) < 4.78 is 0. The lowest BCUT2D eigenvalue weighted by atomic mass is 10.1. The predicted octanol–water partition coefficient (Wildman–Crippen LogP) is 2.01. The molecule has 0 heterocycles. The number of hydrogen-bond donors (Lipinski definition) is 1. The lowest BCUT2D eigenvalue weighted by molar-refractivity contribution is 0.0952. The van der Waals surface area contributed by atoms with Gasteiger partial charge in [0.2, 0.25) is 0 Å². The fraction of sp³-hybridized carbons (Fsp3) is 0.357. The van der Waals surface area contributed by atoms with Crippen LogP contribution in [0.25, 0.3) is 6.08 Å². The van der Waals surface area contributed by atoms with Crippen LogP contribution in [0.4, 0.5) is 0 Å². The molecule has 0 aromatic heterocycles. The first kappa shape index (κ1) is 13.5. The van der Waals surface area contributed by atoms with E-state index in [1.807, 2.05) is 38.4 Å². The maximum absolute atomic E-state index is 11.7. The largest absolute Gasteiger partial charge is 0.352 e. The number of carbonyl (C=O) groups is 1. The summed E-state index contributed by atoms with van der Waals surface area (Å²) in [7, 11) is 4.05. The number of nitrogens with zero attached hydrogens (tertiary/aromatic N) is 1. The third-order valence-electron chi connectivity index (χ3n) is 2.48. The molecular formula is C14H20N2O. The molecule has 0 atom stereocenters. The third-order valence-corrected chi connectivity index (χ3v) is 2.48. The monoisotopic (exact) mass is 232 g/mol. The van der Waals surface area contributed by atoms with E-state index < -0.39 is 0 Å². The molecule has 0 aliphatic rings. The Morgan fingerprint density at radius 3 is 2.53 bits per heavy atom. The minimum Gasteiger partial charge on any atom is -0.352 e. The molecule has 0 radical (unpaired) electrons. The summed E-state index contributed by atoms with van der Waals surface area (Å²) >= 11 is 0. The molecule has 0 fully saturated rings. The lowest BCUT2D eigenvalue weighted by Crippen LogP contribution is -2.27. The number of carbonyl (C=O) groups excluding carboxylic acids is 1. The first-order valence-electron chi connectivity index (χ1n) is 5.79. The number of amides is 1. The van der Waals surface area contributed by atoms with Crippen molar-refractivity contribution in [3.05, 3.63) is 42.0 Å². The fourth-order valence-corrected chi connectivity index (χ4v) is 1.47. The zero-order chi connectivity index (χ0) is 12.7. The molecular weight excluding hydrogens is 212 g/mol. The van der Waals surface area contributed by atoms with Crippen LogP contribution < -0.4 is 5.32 Å². The molecule has 1 N–H and O–H groups in total. The van der Waals surface area contributed by atoms with Crippen LogP contribution in [-0.2, 0) is 0 Å². The van der Waals surface area contributed by atoms with Gasteiger partial charge in [-0.1, -0.05) is 24.8 Å². The number of nitrogens with one attached hydrogen (secondary N) is 1. The van der Waals surface area contributed by atoms with Gasteiger partial charge in [0.1, 0.15) is 0 Å². The number of benzene rings is 1. The Hall–Kier alpha value is -1.61. The highest BCUT2D eigenvalue weighted by Gasteiger charge is 2.03. The van der Waals surface area contributed by atoms with E-state index in [0.717, 1.165) is 18.5 Å². The Balaban J connectivity index is 2.38. The average molecular weight is 232 g/mol. The van der Waals surface area contributed by atoms with Crippen molar-refractivity contribution in [1.29, 1.82) is 0 Å². The first-order valence-corrected chi connectivity index (χ1v) is 5.79. The zero-order valence-electron chi connectivity index (χ0n) is 10.6. The van der Waals surface area contributed by atoms with Gasteiger partial charge in [0.05, 0.1) is 0 Å². The summed E-state index contributed by atoms with van der Waals surface area (Å²) in [6.07, 6.45) is 2.72. The van der Waals surface area contributed by atoms with Crippen LogP contribution in [0, 0.1) is 0 Å². The van der Waals surface area contributed by atoms with E-state index >= 15 is 0 Å². The van der Waals surface area contributed by atoms with Crippen LogP contribution in [0.3, 0.4) is 0 Å². The van der Waals surface area contributed by atoms with E-state index in [4.69, 9.17) is 0 Å². The maximum Gasteiger partial charge on any atom is 0.251 e. The molecule has 0 saturated heterocycles. The molecule has 92 valence electrons.